The first-order valence-electron chi connectivity index (χ1n) is 9.20. The van der Waals surface area contributed by atoms with Crippen molar-refractivity contribution in [3.8, 4) is 0 Å². The van der Waals surface area contributed by atoms with E-state index >= 15 is 0 Å². The number of carbonyl (C=O) groups excluding carboxylic acids is 1. The quantitative estimate of drug-likeness (QED) is 0.644. The number of hydrogen-bond donors (Lipinski definition) is 0. The minimum atomic E-state index is -0.721. The Balaban J connectivity index is 1.55. The Kier molecular flexibility index (Phi) is 5.58. The summed E-state index contributed by atoms with van der Waals surface area (Å²) < 4.78 is 11.4. The SMILES string of the molecule is O=C(OC(c1ccccc1Cl)c1ccccc1Cl)OC1CN2CCC1CC2. The van der Waals surface area contributed by atoms with Gasteiger partial charge in [0.15, 0.2) is 6.10 Å². The van der Waals surface area contributed by atoms with Crippen LogP contribution >= 0.6 is 23.2 Å². The molecule has 0 radical (unpaired) electrons. The number of piperidine rings is 3. The van der Waals surface area contributed by atoms with Crippen LogP contribution in [-0.4, -0.2) is 36.8 Å². The molecule has 0 amide bonds. The number of benzene rings is 2. The molecule has 0 N–H and O–H groups in total. The lowest BCUT2D eigenvalue weighted by molar-refractivity contribution is -0.0642. The van der Waals surface area contributed by atoms with E-state index in [1.807, 2.05) is 36.4 Å². The van der Waals surface area contributed by atoms with Crippen molar-refractivity contribution in [1.29, 1.82) is 0 Å². The molecule has 0 aromatic heterocycles. The first-order chi connectivity index (χ1) is 13.1. The molecule has 4 nitrogen and oxygen atoms in total. The largest absolute Gasteiger partial charge is 0.509 e. The Labute approximate surface area is 169 Å². The lowest BCUT2D eigenvalue weighted by atomic mass is 9.86. The van der Waals surface area contributed by atoms with Crippen LogP contribution < -0.4 is 0 Å². The molecule has 27 heavy (non-hydrogen) atoms. The molecule has 3 aliphatic heterocycles. The number of nitrogens with zero attached hydrogens (tertiary/aromatic N) is 1. The van der Waals surface area contributed by atoms with Crippen molar-refractivity contribution in [3.63, 3.8) is 0 Å². The zero-order chi connectivity index (χ0) is 18.8. The van der Waals surface area contributed by atoms with E-state index in [0.29, 0.717) is 27.1 Å². The van der Waals surface area contributed by atoms with E-state index in [2.05, 4.69) is 4.90 Å². The standard InChI is InChI=1S/C21H21Cl2NO3/c22-17-7-3-1-5-15(17)20(16-6-2-4-8-18(16)23)27-21(25)26-19-13-24-11-9-14(19)10-12-24/h1-8,14,19-20H,9-13H2. The van der Waals surface area contributed by atoms with E-state index in [9.17, 15) is 4.79 Å². The van der Waals surface area contributed by atoms with Gasteiger partial charge >= 0.3 is 6.16 Å². The van der Waals surface area contributed by atoms with Crippen LogP contribution in [0.4, 0.5) is 4.79 Å². The number of fused-ring (bicyclic) bond motifs is 3. The van der Waals surface area contributed by atoms with Gasteiger partial charge in [-0.3, -0.25) is 4.90 Å². The van der Waals surface area contributed by atoms with Gasteiger partial charge in [-0.25, -0.2) is 4.79 Å². The normalized spacial score (nSPS) is 24.0. The Hall–Kier alpha value is -1.75. The molecule has 3 saturated heterocycles. The third-order valence-electron chi connectivity index (χ3n) is 5.43. The van der Waals surface area contributed by atoms with Crippen molar-refractivity contribution in [1.82, 2.24) is 4.90 Å². The third-order valence-corrected chi connectivity index (χ3v) is 6.12. The van der Waals surface area contributed by atoms with Gasteiger partial charge in [-0.1, -0.05) is 59.6 Å². The zero-order valence-corrected chi connectivity index (χ0v) is 16.3. The van der Waals surface area contributed by atoms with Gasteiger partial charge in [-0.05, 0) is 44.0 Å². The highest BCUT2D eigenvalue weighted by Crippen LogP contribution is 2.36. The first kappa shape index (κ1) is 18.6. The predicted octanol–water partition coefficient (Wildman–Crippen LogP) is 5.33. The van der Waals surface area contributed by atoms with Gasteiger partial charge in [0, 0.05) is 27.7 Å². The molecule has 3 heterocycles. The van der Waals surface area contributed by atoms with Crippen LogP contribution in [0.5, 0.6) is 0 Å². The molecule has 3 fully saturated rings. The van der Waals surface area contributed by atoms with Crippen LogP contribution in [0.1, 0.15) is 30.1 Å². The number of halogens is 2. The molecule has 1 atom stereocenters. The predicted molar refractivity (Wildman–Crippen MR) is 105 cm³/mol. The van der Waals surface area contributed by atoms with Gasteiger partial charge in [-0.2, -0.15) is 0 Å². The Morgan fingerprint density at radius 2 is 1.52 bits per heavy atom. The molecule has 0 spiro atoms. The maximum absolute atomic E-state index is 12.6. The summed E-state index contributed by atoms with van der Waals surface area (Å²) in [5.74, 6) is 0.418. The van der Waals surface area contributed by atoms with Crippen molar-refractivity contribution in [2.24, 2.45) is 5.92 Å². The van der Waals surface area contributed by atoms with Gasteiger partial charge in [0.25, 0.3) is 0 Å². The monoisotopic (exact) mass is 405 g/mol. The highest BCUT2D eigenvalue weighted by Gasteiger charge is 2.37. The van der Waals surface area contributed by atoms with Crippen LogP contribution in [0.25, 0.3) is 0 Å². The summed E-state index contributed by atoms with van der Waals surface area (Å²) in [7, 11) is 0. The number of hydrogen-bond acceptors (Lipinski definition) is 4. The van der Waals surface area contributed by atoms with Gasteiger partial charge < -0.3 is 9.47 Å². The van der Waals surface area contributed by atoms with Crippen molar-refractivity contribution in [2.45, 2.75) is 25.0 Å². The smallest absolute Gasteiger partial charge is 0.429 e. The van der Waals surface area contributed by atoms with Crippen LogP contribution in [-0.2, 0) is 9.47 Å². The molecule has 142 valence electrons. The van der Waals surface area contributed by atoms with E-state index in [1.165, 1.54) is 0 Å². The molecule has 6 heteroatoms. The van der Waals surface area contributed by atoms with Gasteiger partial charge in [-0.15, -0.1) is 0 Å². The molecule has 5 rings (SSSR count). The fraction of sp³-hybridized carbons (Fsp3) is 0.381. The van der Waals surface area contributed by atoms with Crippen LogP contribution in [0.2, 0.25) is 10.0 Å². The maximum atomic E-state index is 12.6. The summed E-state index contributed by atoms with van der Waals surface area (Å²) in [5, 5.41) is 1.02. The Morgan fingerprint density at radius 1 is 0.963 bits per heavy atom. The molecular weight excluding hydrogens is 385 g/mol. The minimum absolute atomic E-state index is 0.113. The fourth-order valence-corrected chi connectivity index (χ4v) is 4.43. The van der Waals surface area contributed by atoms with Gasteiger partial charge in [0.2, 0.25) is 0 Å². The second kappa shape index (κ2) is 8.09. The molecule has 1 unspecified atom stereocenters. The molecule has 2 aromatic carbocycles. The minimum Gasteiger partial charge on any atom is -0.429 e. The van der Waals surface area contributed by atoms with Crippen molar-refractivity contribution >= 4 is 29.4 Å². The molecule has 2 aromatic rings. The summed E-state index contributed by atoms with van der Waals surface area (Å²) in [6.07, 6.45) is 0.616. The van der Waals surface area contributed by atoms with Crippen molar-refractivity contribution < 1.29 is 14.3 Å². The topological polar surface area (TPSA) is 38.8 Å². The molecule has 2 bridgehead atoms. The highest BCUT2D eigenvalue weighted by molar-refractivity contribution is 6.32. The third kappa shape index (κ3) is 4.08. The Morgan fingerprint density at radius 3 is 2.00 bits per heavy atom. The molecule has 0 saturated carbocycles. The number of rotatable bonds is 4. The van der Waals surface area contributed by atoms with Gasteiger partial charge in [0.1, 0.15) is 6.10 Å². The average Bonchev–Trinajstić information content (AvgIpc) is 2.68. The number of carbonyl (C=O) groups is 1. The fourth-order valence-electron chi connectivity index (χ4n) is 3.96. The second-order valence-corrected chi connectivity index (χ2v) is 7.90. The Bertz CT molecular complexity index is 775. The van der Waals surface area contributed by atoms with Crippen molar-refractivity contribution in [3.05, 3.63) is 69.7 Å². The van der Waals surface area contributed by atoms with Crippen LogP contribution in [0, 0.1) is 5.92 Å². The van der Waals surface area contributed by atoms with E-state index < -0.39 is 12.3 Å². The van der Waals surface area contributed by atoms with Crippen LogP contribution in [0.3, 0.4) is 0 Å². The summed E-state index contributed by atoms with van der Waals surface area (Å²) >= 11 is 12.7. The summed E-state index contributed by atoms with van der Waals surface area (Å²) in [4.78, 5) is 14.9. The highest BCUT2D eigenvalue weighted by atomic mass is 35.5. The van der Waals surface area contributed by atoms with E-state index in [4.69, 9.17) is 32.7 Å². The second-order valence-electron chi connectivity index (χ2n) is 7.09. The van der Waals surface area contributed by atoms with Crippen molar-refractivity contribution in [2.75, 3.05) is 19.6 Å². The summed E-state index contributed by atoms with van der Waals surface area (Å²) in [6, 6.07) is 14.6. The molecular formula is C21H21Cl2NO3. The zero-order valence-electron chi connectivity index (χ0n) is 14.8. The average molecular weight is 406 g/mol. The lowest BCUT2D eigenvalue weighted by Gasteiger charge is -2.43. The van der Waals surface area contributed by atoms with Crippen LogP contribution in [0.15, 0.2) is 48.5 Å². The first-order valence-corrected chi connectivity index (χ1v) is 9.96. The van der Waals surface area contributed by atoms with Gasteiger partial charge in [0.05, 0.1) is 0 Å². The summed E-state index contributed by atoms with van der Waals surface area (Å²) in [5.41, 5.74) is 1.36. The molecule has 0 aliphatic carbocycles. The maximum Gasteiger partial charge on any atom is 0.509 e. The lowest BCUT2D eigenvalue weighted by Crippen LogP contribution is -2.52. The summed E-state index contributed by atoms with van der Waals surface area (Å²) in [6.45, 7) is 2.95. The molecule has 3 aliphatic rings. The number of ether oxygens (including phenoxy) is 2. The van der Waals surface area contributed by atoms with E-state index in [-0.39, 0.29) is 6.10 Å². The van der Waals surface area contributed by atoms with E-state index in [0.717, 1.165) is 32.5 Å². The van der Waals surface area contributed by atoms with E-state index in [1.54, 1.807) is 12.1 Å².